The number of benzene rings is 1. The zero-order valence-corrected chi connectivity index (χ0v) is 13.8. The van der Waals surface area contributed by atoms with Crippen LogP contribution in [0.3, 0.4) is 0 Å². The van der Waals surface area contributed by atoms with Crippen molar-refractivity contribution in [2.45, 2.75) is 12.6 Å². The van der Waals surface area contributed by atoms with E-state index in [0.717, 1.165) is 6.41 Å². The minimum Gasteiger partial charge on any atom is -0.480 e. The third-order valence-electron chi connectivity index (χ3n) is 4.57. The highest BCUT2D eigenvalue weighted by Crippen LogP contribution is 2.31. The van der Waals surface area contributed by atoms with Gasteiger partial charge in [0.05, 0.1) is 5.52 Å². The van der Waals surface area contributed by atoms with Crippen molar-refractivity contribution in [2.75, 3.05) is 26.2 Å². The summed E-state index contributed by atoms with van der Waals surface area (Å²) in [6.07, 6.45) is 2.19. The molecule has 0 bridgehead atoms. The molecule has 0 spiro atoms. The van der Waals surface area contributed by atoms with Gasteiger partial charge in [0.2, 0.25) is 6.41 Å². The summed E-state index contributed by atoms with van der Waals surface area (Å²) in [6, 6.07) is 2.88. The molecule has 1 aromatic carbocycles. The van der Waals surface area contributed by atoms with E-state index in [2.05, 4.69) is 0 Å². The molecule has 1 amide bonds. The molecular weight excluding hydrogens is 345 g/mol. The lowest BCUT2D eigenvalue weighted by atomic mass is 10.0. The number of hydrogen-bond donors (Lipinski definition) is 2. The number of piperazine rings is 1. The number of fused-ring (bicyclic) bond motifs is 1. The van der Waals surface area contributed by atoms with Crippen molar-refractivity contribution in [1.82, 2.24) is 14.4 Å². The molecule has 2 heterocycles. The van der Waals surface area contributed by atoms with Gasteiger partial charge in [0.25, 0.3) is 0 Å². The summed E-state index contributed by atoms with van der Waals surface area (Å²) in [6.45, 7) is 1.18. The van der Waals surface area contributed by atoms with Gasteiger partial charge in [0.1, 0.15) is 18.4 Å². The van der Waals surface area contributed by atoms with Gasteiger partial charge in [-0.25, -0.2) is 4.39 Å². The van der Waals surface area contributed by atoms with Gasteiger partial charge in [0.15, 0.2) is 0 Å². The van der Waals surface area contributed by atoms with Crippen molar-refractivity contribution in [2.24, 2.45) is 0 Å². The second-order valence-corrected chi connectivity index (χ2v) is 6.19. The highest BCUT2D eigenvalue weighted by molar-refractivity contribution is 5.90. The molecule has 1 aliphatic heterocycles. The Morgan fingerprint density at radius 2 is 1.88 bits per heavy atom. The summed E-state index contributed by atoms with van der Waals surface area (Å²) < 4.78 is 15.0. The van der Waals surface area contributed by atoms with Gasteiger partial charge in [-0.3, -0.25) is 19.3 Å². The first-order valence-electron chi connectivity index (χ1n) is 8.07. The first kappa shape index (κ1) is 17.9. The molecule has 8 nitrogen and oxygen atoms in total. The molecule has 9 heteroatoms. The van der Waals surface area contributed by atoms with Gasteiger partial charge in [-0.15, -0.1) is 0 Å². The molecule has 2 aromatic rings. The van der Waals surface area contributed by atoms with Crippen LogP contribution in [0.15, 0.2) is 24.4 Å². The van der Waals surface area contributed by atoms with Crippen molar-refractivity contribution >= 4 is 29.3 Å². The van der Waals surface area contributed by atoms with Crippen LogP contribution < -0.4 is 0 Å². The first-order chi connectivity index (χ1) is 12.4. The number of carboxylic acids is 2. The molecule has 2 N–H and O–H groups in total. The van der Waals surface area contributed by atoms with Crippen LogP contribution in [0.5, 0.6) is 0 Å². The highest BCUT2D eigenvalue weighted by atomic mass is 19.1. The summed E-state index contributed by atoms with van der Waals surface area (Å²) in [7, 11) is 0. The van der Waals surface area contributed by atoms with E-state index in [4.69, 9.17) is 5.11 Å². The lowest BCUT2D eigenvalue weighted by Crippen LogP contribution is -2.48. The Kier molecular flexibility index (Phi) is 4.90. The fourth-order valence-electron chi connectivity index (χ4n) is 3.37. The number of carbonyl (C=O) groups is 3. The number of halogens is 1. The number of carboxylic acid groups (broad SMARTS) is 2. The topological polar surface area (TPSA) is 103 Å². The standard InChI is InChI=1S/C17H18FN3O5/c18-11-1-2-12-13(8-21(9-15(23)24)14(12)7-11)16(17(25)26)20-5-3-19(10-22)4-6-20/h1-2,7-8,10,16H,3-6,9H2,(H,23,24)(H,25,26)/t16-/m1/s1. The van der Waals surface area contributed by atoms with Gasteiger partial charge in [0, 0.05) is 43.3 Å². The molecule has 1 saturated heterocycles. The monoisotopic (exact) mass is 363 g/mol. The lowest BCUT2D eigenvalue weighted by molar-refractivity contribution is -0.144. The largest absolute Gasteiger partial charge is 0.480 e. The van der Waals surface area contributed by atoms with Gasteiger partial charge in [-0.05, 0) is 18.2 Å². The first-order valence-corrected chi connectivity index (χ1v) is 8.07. The van der Waals surface area contributed by atoms with Gasteiger partial charge >= 0.3 is 11.9 Å². The number of amides is 1. The Hall–Kier alpha value is -2.94. The summed E-state index contributed by atoms with van der Waals surface area (Å²) in [5.74, 6) is -2.72. The van der Waals surface area contributed by atoms with Crippen LogP contribution in [0.1, 0.15) is 11.6 Å². The fraction of sp³-hybridized carbons (Fsp3) is 0.353. The molecule has 0 radical (unpaired) electrons. The van der Waals surface area contributed by atoms with E-state index in [-0.39, 0.29) is 0 Å². The minimum absolute atomic E-state index is 0.333. The van der Waals surface area contributed by atoms with Crippen molar-refractivity contribution in [3.8, 4) is 0 Å². The number of aliphatic carboxylic acids is 2. The molecule has 26 heavy (non-hydrogen) atoms. The third kappa shape index (κ3) is 3.38. The SMILES string of the molecule is O=CN1CCN([C@@H](C(=O)O)c2cn(CC(=O)O)c3cc(F)ccc23)CC1. The summed E-state index contributed by atoms with van der Waals surface area (Å²) in [5.41, 5.74) is 0.744. The number of hydrogen-bond acceptors (Lipinski definition) is 4. The Morgan fingerprint density at radius 1 is 1.19 bits per heavy atom. The summed E-state index contributed by atoms with van der Waals surface area (Å²) >= 11 is 0. The van der Waals surface area contributed by atoms with Crippen molar-refractivity contribution in [3.05, 3.63) is 35.8 Å². The van der Waals surface area contributed by atoms with Crippen molar-refractivity contribution < 1.29 is 29.0 Å². The van der Waals surface area contributed by atoms with Gasteiger partial charge in [-0.1, -0.05) is 0 Å². The average molecular weight is 363 g/mol. The van der Waals surface area contributed by atoms with Crippen LogP contribution in [0.25, 0.3) is 10.9 Å². The Labute approximate surface area is 148 Å². The van der Waals surface area contributed by atoms with E-state index >= 15 is 0 Å². The molecule has 1 aliphatic rings. The van der Waals surface area contributed by atoms with E-state index in [1.807, 2.05) is 0 Å². The van der Waals surface area contributed by atoms with Gasteiger partial charge in [-0.2, -0.15) is 0 Å². The molecule has 1 fully saturated rings. The molecule has 0 unspecified atom stereocenters. The van der Waals surface area contributed by atoms with E-state index in [9.17, 15) is 23.9 Å². The van der Waals surface area contributed by atoms with Crippen LogP contribution >= 0.6 is 0 Å². The molecule has 1 atom stereocenters. The predicted octanol–water partition coefficient (Wildman–Crippen LogP) is 0.765. The van der Waals surface area contributed by atoms with Crippen LogP contribution in [-0.2, 0) is 20.9 Å². The molecule has 138 valence electrons. The maximum absolute atomic E-state index is 13.6. The Balaban J connectivity index is 2.04. The molecular formula is C17H18FN3O5. The zero-order chi connectivity index (χ0) is 18.8. The fourth-order valence-corrected chi connectivity index (χ4v) is 3.37. The van der Waals surface area contributed by atoms with E-state index in [0.29, 0.717) is 42.6 Å². The summed E-state index contributed by atoms with van der Waals surface area (Å²) in [5, 5.41) is 19.4. The van der Waals surface area contributed by atoms with Gasteiger partial charge < -0.3 is 19.7 Å². The Bertz CT molecular complexity index is 857. The number of rotatable bonds is 6. The maximum atomic E-state index is 13.6. The predicted molar refractivity (Wildman–Crippen MR) is 89.1 cm³/mol. The van der Waals surface area contributed by atoms with Crippen LogP contribution in [0.4, 0.5) is 4.39 Å². The average Bonchev–Trinajstić information content (AvgIpc) is 2.92. The molecule has 1 aromatic heterocycles. The van der Waals surface area contributed by atoms with E-state index in [1.54, 1.807) is 9.80 Å². The summed E-state index contributed by atoms with van der Waals surface area (Å²) in [4.78, 5) is 37.2. The third-order valence-corrected chi connectivity index (χ3v) is 4.57. The lowest BCUT2D eigenvalue weighted by Gasteiger charge is -2.36. The molecule has 3 rings (SSSR count). The normalized spacial score (nSPS) is 16.6. The smallest absolute Gasteiger partial charge is 0.325 e. The highest BCUT2D eigenvalue weighted by Gasteiger charge is 2.32. The van der Waals surface area contributed by atoms with Crippen LogP contribution in [0, 0.1) is 5.82 Å². The quantitative estimate of drug-likeness (QED) is 0.735. The van der Waals surface area contributed by atoms with E-state index in [1.165, 1.54) is 29.0 Å². The van der Waals surface area contributed by atoms with Crippen LogP contribution in [-0.4, -0.2) is 69.1 Å². The molecule has 0 saturated carbocycles. The number of carbonyl (C=O) groups excluding carboxylic acids is 1. The van der Waals surface area contributed by atoms with Crippen LogP contribution in [0.2, 0.25) is 0 Å². The van der Waals surface area contributed by atoms with Crippen molar-refractivity contribution in [3.63, 3.8) is 0 Å². The maximum Gasteiger partial charge on any atom is 0.325 e. The second-order valence-electron chi connectivity index (χ2n) is 6.19. The van der Waals surface area contributed by atoms with E-state index < -0.39 is 30.3 Å². The molecule has 0 aliphatic carbocycles. The van der Waals surface area contributed by atoms with Crippen molar-refractivity contribution in [1.29, 1.82) is 0 Å². The number of aromatic nitrogens is 1. The second kappa shape index (κ2) is 7.12. The zero-order valence-electron chi connectivity index (χ0n) is 13.8. The minimum atomic E-state index is -1.11. The Morgan fingerprint density at radius 3 is 2.46 bits per heavy atom. The number of nitrogens with zero attached hydrogens (tertiary/aromatic N) is 3.